The van der Waals surface area contributed by atoms with Crippen LogP contribution in [0.3, 0.4) is 0 Å². The molecule has 2 saturated heterocycles. The van der Waals surface area contributed by atoms with Crippen LogP contribution >= 0.6 is 24.0 Å². The van der Waals surface area contributed by atoms with Crippen LogP contribution in [0.1, 0.15) is 56.6 Å². The van der Waals surface area contributed by atoms with Crippen molar-refractivity contribution in [2.24, 2.45) is 4.99 Å². The summed E-state index contributed by atoms with van der Waals surface area (Å²) in [4.78, 5) is 21.0. The third kappa shape index (κ3) is 7.16. The summed E-state index contributed by atoms with van der Waals surface area (Å²) in [5, 5.41) is 6.75. The number of amides is 1. The average molecular weight is 517 g/mol. The van der Waals surface area contributed by atoms with Crippen LogP contribution in [-0.2, 0) is 4.79 Å². The van der Waals surface area contributed by atoms with E-state index in [0.717, 1.165) is 69.6 Å². The second kappa shape index (κ2) is 12.4. The molecule has 2 aliphatic heterocycles. The Morgan fingerprint density at radius 2 is 2.00 bits per heavy atom. The summed E-state index contributed by atoms with van der Waals surface area (Å²) in [6, 6.07) is 4.31. The normalized spacial score (nSPS) is 18.8. The number of carbonyl (C=O) groups excluding carboxylic acids is 1. The maximum absolute atomic E-state index is 11.7. The van der Waals surface area contributed by atoms with Crippen molar-refractivity contribution in [1.29, 1.82) is 0 Å². The largest absolute Gasteiger partial charge is 0.465 e. The second-order valence-electron chi connectivity index (χ2n) is 7.69. The van der Waals surface area contributed by atoms with E-state index in [0.29, 0.717) is 18.9 Å². The summed E-state index contributed by atoms with van der Waals surface area (Å²) in [6.07, 6.45) is 5.13. The molecule has 0 bridgehead atoms. The maximum Gasteiger partial charge on any atom is 0.222 e. The molecule has 0 spiro atoms. The first-order valence-electron chi connectivity index (χ1n) is 10.8. The molecule has 3 rings (SSSR count). The molecule has 29 heavy (non-hydrogen) atoms. The summed E-state index contributed by atoms with van der Waals surface area (Å²) in [5.74, 6) is 3.08. The quantitative estimate of drug-likeness (QED) is 0.228. The molecule has 3 heterocycles. The number of hydrogen-bond donors (Lipinski definition) is 2. The van der Waals surface area contributed by atoms with Crippen molar-refractivity contribution in [2.45, 2.75) is 52.0 Å². The Hall–Kier alpha value is -1.29. The van der Waals surface area contributed by atoms with E-state index in [1.54, 1.807) is 0 Å². The summed E-state index contributed by atoms with van der Waals surface area (Å²) in [5.41, 5.74) is 0. The van der Waals surface area contributed by atoms with E-state index in [2.05, 4.69) is 28.5 Å². The first-order valence-corrected chi connectivity index (χ1v) is 10.8. The number of nitrogens with one attached hydrogen (secondary N) is 2. The fourth-order valence-corrected chi connectivity index (χ4v) is 4.01. The zero-order chi connectivity index (χ0) is 19.8. The molecule has 1 aromatic heterocycles. The number of nitrogens with zero attached hydrogens (tertiary/aromatic N) is 3. The predicted octanol–water partition coefficient (Wildman–Crippen LogP) is 2.91. The van der Waals surface area contributed by atoms with E-state index < -0.39 is 0 Å². The molecule has 7 nitrogen and oxygen atoms in total. The topological polar surface area (TPSA) is 73.1 Å². The highest BCUT2D eigenvalue weighted by Gasteiger charge is 2.26. The van der Waals surface area contributed by atoms with E-state index in [1.165, 1.54) is 12.8 Å². The van der Waals surface area contributed by atoms with E-state index in [9.17, 15) is 4.79 Å². The lowest BCUT2D eigenvalue weighted by Crippen LogP contribution is -2.39. The van der Waals surface area contributed by atoms with Crippen LogP contribution in [0.15, 0.2) is 21.5 Å². The van der Waals surface area contributed by atoms with Gasteiger partial charge in [-0.25, -0.2) is 0 Å². The number of likely N-dealkylation sites (tertiary alicyclic amines) is 2. The van der Waals surface area contributed by atoms with Gasteiger partial charge in [-0.3, -0.25) is 14.7 Å². The Morgan fingerprint density at radius 1 is 1.21 bits per heavy atom. The van der Waals surface area contributed by atoms with Crippen molar-refractivity contribution in [1.82, 2.24) is 20.4 Å². The van der Waals surface area contributed by atoms with Crippen molar-refractivity contribution >= 4 is 35.8 Å². The molecule has 0 radical (unpaired) electrons. The number of aryl methyl sites for hydroxylation is 1. The summed E-state index contributed by atoms with van der Waals surface area (Å²) < 4.78 is 5.93. The molecule has 1 aromatic rings. The second-order valence-corrected chi connectivity index (χ2v) is 7.69. The molecular weight excluding hydrogens is 481 g/mol. The summed E-state index contributed by atoms with van der Waals surface area (Å²) in [7, 11) is 0. The molecule has 0 saturated carbocycles. The van der Waals surface area contributed by atoms with Crippen LogP contribution in [0.4, 0.5) is 0 Å². The zero-order valence-electron chi connectivity index (χ0n) is 17.8. The fraction of sp³-hybridized carbons (Fsp3) is 0.714. The molecule has 1 unspecified atom stereocenters. The Morgan fingerprint density at radius 3 is 2.62 bits per heavy atom. The van der Waals surface area contributed by atoms with Crippen LogP contribution < -0.4 is 10.6 Å². The number of guanidine groups is 1. The van der Waals surface area contributed by atoms with Gasteiger partial charge in [-0.2, -0.15) is 0 Å². The van der Waals surface area contributed by atoms with Gasteiger partial charge in [0.25, 0.3) is 0 Å². The van der Waals surface area contributed by atoms with Crippen LogP contribution in [-0.4, -0.2) is 67.5 Å². The molecule has 0 aromatic carbocycles. The molecule has 1 atom stereocenters. The van der Waals surface area contributed by atoms with Crippen molar-refractivity contribution in [3.63, 3.8) is 0 Å². The number of halogens is 1. The minimum atomic E-state index is 0. The van der Waals surface area contributed by atoms with Gasteiger partial charge in [-0.1, -0.05) is 0 Å². The minimum Gasteiger partial charge on any atom is -0.465 e. The Bertz CT molecular complexity index is 657. The summed E-state index contributed by atoms with van der Waals surface area (Å²) in [6.45, 7) is 10.3. The third-order valence-electron chi connectivity index (χ3n) is 5.51. The lowest BCUT2D eigenvalue weighted by molar-refractivity contribution is -0.127. The molecule has 1 amide bonds. The van der Waals surface area contributed by atoms with Gasteiger partial charge in [-0.05, 0) is 64.8 Å². The average Bonchev–Trinajstić information content (AvgIpc) is 3.43. The molecule has 0 aliphatic carbocycles. The van der Waals surface area contributed by atoms with Crippen molar-refractivity contribution in [2.75, 3.05) is 45.8 Å². The molecule has 2 fully saturated rings. The maximum atomic E-state index is 11.7. The van der Waals surface area contributed by atoms with Gasteiger partial charge in [0.05, 0.1) is 12.6 Å². The Labute approximate surface area is 191 Å². The number of rotatable bonds is 9. The summed E-state index contributed by atoms with van der Waals surface area (Å²) >= 11 is 0. The first kappa shape index (κ1) is 24.0. The standard InChI is InChI=1S/C21H35N5O2.HI/c1-3-22-21(23-11-7-15-26-14-6-8-20(26)27)24-16-18(25-12-4-5-13-25)19-10-9-17(2)28-19;/h9-10,18H,3-8,11-16H2,1-2H3,(H2,22,23,24);1H. The van der Waals surface area contributed by atoms with Crippen molar-refractivity contribution in [3.05, 3.63) is 23.7 Å². The highest BCUT2D eigenvalue weighted by atomic mass is 127. The molecule has 8 heteroatoms. The predicted molar refractivity (Wildman–Crippen MR) is 127 cm³/mol. The lowest BCUT2D eigenvalue weighted by Gasteiger charge is -2.25. The van der Waals surface area contributed by atoms with Gasteiger partial charge in [0.2, 0.25) is 5.91 Å². The highest BCUT2D eigenvalue weighted by Crippen LogP contribution is 2.26. The monoisotopic (exact) mass is 517 g/mol. The molecular formula is C21H36IN5O2. The number of furan rings is 1. The van der Waals surface area contributed by atoms with Gasteiger partial charge in [0, 0.05) is 32.6 Å². The zero-order valence-corrected chi connectivity index (χ0v) is 20.1. The van der Waals surface area contributed by atoms with Crippen molar-refractivity contribution < 1.29 is 9.21 Å². The van der Waals surface area contributed by atoms with Crippen LogP contribution in [0.25, 0.3) is 0 Å². The van der Waals surface area contributed by atoms with Crippen molar-refractivity contribution in [3.8, 4) is 0 Å². The smallest absolute Gasteiger partial charge is 0.222 e. The number of aliphatic imine (C=N–C) groups is 1. The van der Waals surface area contributed by atoms with Gasteiger partial charge in [0.1, 0.15) is 11.5 Å². The van der Waals surface area contributed by atoms with Gasteiger partial charge in [-0.15, -0.1) is 24.0 Å². The van der Waals surface area contributed by atoms with E-state index in [4.69, 9.17) is 9.41 Å². The Balaban J connectivity index is 0.00000300. The fourth-order valence-electron chi connectivity index (χ4n) is 4.01. The van der Waals surface area contributed by atoms with E-state index in [1.807, 2.05) is 17.9 Å². The third-order valence-corrected chi connectivity index (χ3v) is 5.51. The molecule has 2 aliphatic rings. The number of hydrogen-bond acceptors (Lipinski definition) is 4. The lowest BCUT2D eigenvalue weighted by atomic mass is 10.2. The van der Waals surface area contributed by atoms with Crippen LogP contribution in [0.2, 0.25) is 0 Å². The first-order chi connectivity index (χ1) is 13.7. The van der Waals surface area contributed by atoms with Gasteiger partial charge < -0.3 is 20.0 Å². The Kier molecular flexibility index (Phi) is 10.3. The van der Waals surface area contributed by atoms with Crippen LogP contribution in [0.5, 0.6) is 0 Å². The van der Waals surface area contributed by atoms with Gasteiger partial charge in [0.15, 0.2) is 5.96 Å². The minimum absolute atomic E-state index is 0. The van der Waals surface area contributed by atoms with Crippen LogP contribution in [0, 0.1) is 6.92 Å². The molecule has 2 N–H and O–H groups in total. The molecule has 164 valence electrons. The van der Waals surface area contributed by atoms with E-state index >= 15 is 0 Å². The van der Waals surface area contributed by atoms with Gasteiger partial charge >= 0.3 is 0 Å². The van der Waals surface area contributed by atoms with E-state index in [-0.39, 0.29) is 30.0 Å². The number of carbonyl (C=O) groups is 1. The SMILES string of the molecule is CCNC(=NCC(c1ccc(C)o1)N1CCCC1)NCCCN1CCCC1=O.I. The highest BCUT2D eigenvalue weighted by molar-refractivity contribution is 14.0.